The predicted octanol–water partition coefficient (Wildman–Crippen LogP) is 3.02. The lowest BCUT2D eigenvalue weighted by atomic mass is 10.2. The van der Waals surface area contributed by atoms with Crippen molar-refractivity contribution in [1.29, 1.82) is 0 Å². The summed E-state index contributed by atoms with van der Waals surface area (Å²) in [5.41, 5.74) is 7.73. The van der Waals surface area contributed by atoms with Crippen molar-refractivity contribution in [2.24, 2.45) is 0 Å². The number of rotatable bonds is 3. The molecule has 2 rings (SSSR count). The highest BCUT2D eigenvalue weighted by atomic mass is 35.5. The molecule has 6 heteroatoms. The van der Waals surface area contributed by atoms with Gasteiger partial charge in [-0.25, -0.2) is 4.98 Å². The van der Waals surface area contributed by atoms with Crippen molar-refractivity contribution in [3.8, 4) is 0 Å². The zero-order valence-electron chi connectivity index (χ0n) is 10.3. The molecule has 1 amide bonds. The number of carbonyl (C=O) groups excluding carboxylic acids is 1. The Kier molecular flexibility index (Phi) is 3.87. The Balaban J connectivity index is 2.21. The predicted molar refractivity (Wildman–Crippen MR) is 77.7 cm³/mol. The molecule has 4 N–H and O–H groups in total. The van der Waals surface area contributed by atoms with Crippen molar-refractivity contribution in [1.82, 2.24) is 4.98 Å². The highest BCUT2D eigenvalue weighted by Crippen LogP contribution is 2.24. The minimum Gasteiger partial charge on any atom is -0.396 e. The SMILES string of the molecule is CC(=O)Nc1cccc(Nc2ncc(Cl)cc2N)c1. The molecule has 0 atom stereocenters. The van der Waals surface area contributed by atoms with Crippen LogP contribution in [-0.4, -0.2) is 10.9 Å². The molecule has 0 aliphatic rings. The average molecular weight is 277 g/mol. The van der Waals surface area contributed by atoms with E-state index in [2.05, 4.69) is 15.6 Å². The van der Waals surface area contributed by atoms with Gasteiger partial charge < -0.3 is 16.4 Å². The third-order valence-electron chi connectivity index (χ3n) is 2.33. The summed E-state index contributed by atoms with van der Waals surface area (Å²) in [5, 5.41) is 6.25. The molecule has 0 aliphatic carbocycles. The van der Waals surface area contributed by atoms with Crippen LogP contribution in [0.5, 0.6) is 0 Å². The van der Waals surface area contributed by atoms with Crippen molar-refractivity contribution in [2.75, 3.05) is 16.4 Å². The largest absolute Gasteiger partial charge is 0.396 e. The smallest absolute Gasteiger partial charge is 0.221 e. The molecule has 0 aliphatic heterocycles. The molecule has 1 heterocycles. The van der Waals surface area contributed by atoms with E-state index >= 15 is 0 Å². The van der Waals surface area contributed by atoms with E-state index in [0.717, 1.165) is 5.69 Å². The van der Waals surface area contributed by atoms with Gasteiger partial charge in [-0.1, -0.05) is 17.7 Å². The monoisotopic (exact) mass is 276 g/mol. The Hall–Kier alpha value is -2.27. The third-order valence-corrected chi connectivity index (χ3v) is 2.54. The molecule has 0 saturated carbocycles. The maximum absolute atomic E-state index is 11.0. The maximum atomic E-state index is 11.0. The second-order valence-corrected chi connectivity index (χ2v) is 4.41. The first-order chi connectivity index (χ1) is 9.04. The topological polar surface area (TPSA) is 80.0 Å². The second-order valence-electron chi connectivity index (χ2n) is 3.98. The Morgan fingerprint density at radius 1 is 1.32 bits per heavy atom. The highest BCUT2D eigenvalue weighted by molar-refractivity contribution is 6.30. The molecule has 0 spiro atoms. The van der Waals surface area contributed by atoms with E-state index in [0.29, 0.717) is 22.2 Å². The fraction of sp³-hybridized carbons (Fsp3) is 0.0769. The Morgan fingerprint density at radius 2 is 2.05 bits per heavy atom. The van der Waals surface area contributed by atoms with Crippen molar-refractivity contribution < 1.29 is 4.79 Å². The lowest BCUT2D eigenvalue weighted by molar-refractivity contribution is -0.114. The fourth-order valence-electron chi connectivity index (χ4n) is 1.57. The number of aromatic nitrogens is 1. The molecule has 0 radical (unpaired) electrons. The van der Waals surface area contributed by atoms with Gasteiger partial charge in [-0.3, -0.25) is 4.79 Å². The zero-order chi connectivity index (χ0) is 13.8. The molecule has 1 aromatic carbocycles. The van der Waals surface area contributed by atoms with E-state index in [1.807, 2.05) is 12.1 Å². The number of hydrogen-bond donors (Lipinski definition) is 3. The third kappa shape index (κ3) is 3.59. The van der Waals surface area contributed by atoms with Gasteiger partial charge >= 0.3 is 0 Å². The quantitative estimate of drug-likeness (QED) is 0.805. The van der Waals surface area contributed by atoms with Crippen LogP contribution in [-0.2, 0) is 4.79 Å². The first-order valence-electron chi connectivity index (χ1n) is 5.60. The van der Waals surface area contributed by atoms with Crippen molar-refractivity contribution >= 4 is 40.4 Å². The Labute approximate surface area is 115 Å². The summed E-state index contributed by atoms with van der Waals surface area (Å²) >= 11 is 5.78. The summed E-state index contributed by atoms with van der Waals surface area (Å²) in [5.74, 6) is 0.394. The van der Waals surface area contributed by atoms with Crippen LogP contribution in [0.4, 0.5) is 22.9 Å². The highest BCUT2D eigenvalue weighted by Gasteiger charge is 2.03. The molecule has 0 fully saturated rings. The number of nitrogen functional groups attached to an aromatic ring is 1. The molecule has 19 heavy (non-hydrogen) atoms. The number of benzene rings is 1. The number of nitrogens with two attached hydrogens (primary N) is 1. The number of halogens is 1. The van der Waals surface area contributed by atoms with E-state index in [4.69, 9.17) is 17.3 Å². The number of hydrogen-bond acceptors (Lipinski definition) is 4. The summed E-state index contributed by atoms with van der Waals surface area (Å²) in [4.78, 5) is 15.1. The number of nitrogens with zero attached hydrogens (tertiary/aromatic N) is 1. The van der Waals surface area contributed by atoms with E-state index in [9.17, 15) is 4.79 Å². The molecular formula is C13H13ClN4O. The minimum absolute atomic E-state index is 0.124. The van der Waals surface area contributed by atoms with E-state index in [1.165, 1.54) is 13.1 Å². The van der Waals surface area contributed by atoms with Crippen LogP contribution in [0.25, 0.3) is 0 Å². The number of pyridine rings is 1. The standard InChI is InChI=1S/C13H13ClN4O/c1-8(19)17-10-3-2-4-11(6-10)18-13-12(15)5-9(14)7-16-13/h2-7H,15H2,1H3,(H,16,18)(H,17,19). The van der Waals surface area contributed by atoms with Gasteiger partial charge in [0.25, 0.3) is 0 Å². The molecule has 2 aromatic rings. The molecule has 1 aromatic heterocycles. The lowest BCUT2D eigenvalue weighted by Gasteiger charge is -2.10. The lowest BCUT2D eigenvalue weighted by Crippen LogP contribution is -2.06. The molecule has 5 nitrogen and oxygen atoms in total. The molecule has 0 saturated heterocycles. The van der Waals surface area contributed by atoms with Gasteiger partial charge in [-0.05, 0) is 24.3 Å². The van der Waals surface area contributed by atoms with E-state index < -0.39 is 0 Å². The van der Waals surface area contributed by atoms with Crippen LogP contribution in [0.15, 0.2) is 36.5 Å². The van der Waals surface area contributed by atoms with Crippen molar-refractivity contribution in [3.63, 3.8) is 0 Å². The summed E-state index contributed by atoms with van der Waals surface area (Å²) in [6.07, 6.45) is 1.51. The van der Waals surface area contributed by atoms with Crippen LogP contribution in [0.2, 0.25) is 5.02 Å². The first kappa shape index (κ1) is 13.2. The van der Waals surface area contributed by atoms with Gasteiger partial charge in [0.15, 0.2) is 5.82 Å². The maximum Gasteiger partial charge on any atom is 0.221 e. The number of amides is 1. The summed E-state index contributed by atoms with van der Waals surface area (Å²) in [6, 6.07) is 8.87. The second kappa shape index (κ2) is 5.58. The zero-order valence-corrected chi connectivity index (χ0v) is 11.0. The first-order valence-corrected chi connectivity index (χ1v) is 5.98. The van der Waals surface area contributed by atoms with E-state index in [-0.39, 0.29) is 5.91 Å². The minimum atomic E-state index is -0.124. The normalized spacial score (nSPS) is 10.0. The van der Waals surface area contributed by atoms with Crippen LogP contribution in [0.3, 0.4) is 0 Å². The molecule has 98 valence electrons. The van der Waals surface area contributed by atoms with Gasteiger partial charge in [-0.2, -0.15) is 0 Å². The van der Waals surface area contributed by atoms with Crippen LogP contribution >= 0.6 is 11.6 Å². The molecule has 0 bridgehead atoms. The van der Waals surface area contributed by atoms with Gasteiger partial charge in [0.1, 0.15) is 0 Å². The van der Waals surface area contributed by atoms with Crippen molar-refractivity contribution in [2.45, 2.75) is 6.92 Å². The van der Waals surface area contributed by atoms with Crippen LogP contribution in [0, 0.1) is 0 Å². The molecular weight excluding hydrogens is 264 g/mol. The van der Waals surface area contributed by atoms with E-state index in [1.54, 1.807) is 18.2 Å². The number of anilines is 4. The van der Waals surface area contributed by atoms with Gasteiger partial charge in [-0.15, -0.1) is 0 Å². The average Bonchev–Trinajstić information content (AvgIpc) is 2.32. The summed E-state index contributed by atoms with van der Waals surface area (Å²) < 4.78 is 0. The van der Waals surface area contributed by atoms with Gasteiger partial charge in [0, 0.05) is 24.5 Å². The van der Waals surface area contributed by atoms with Crippen LogP contribution < -0.4 is 16.4 Å². The van der Waals surface area contributed by atoms with Crippen molar-refractivity contribution in [3.05, 3.63) is 41.6 Å². The fourth-order valence-corrected chi connectivity index (χ4v) is 1.74. The number of nitrogens with one attached hydrogen (secondary N) is 2. The summed E-state index contributed by atoms with van der Waals surface area (Å²) in [6.45, 7) is 1.46. The summed E-state index contributed by atoms with van der Waals surface area (Å²) in [7, 11) is 0. The Morgan fingerprint density at radius 3 is 2.74 bits per heavy atom. The Bertz CT molecular complexity index is 615. The number of carbonyl (C=O) groups is 1. The van der Waals surface area contributed by atoms with Gasteiger partial charge in [0.05, 0.1) is 10.7 Å². The van der Waals surface area contributed by atoms with Crippen LogP contribution in [0.1, 0.15) is 6.92 Å². The molecule has 0 unspecified atom stereocenters. The van der Waals surface area contributed by atoms with Gasteiger partial charge in [0.2, 0.25) is 5.91 Å².